The Morgan fingerprint density at radius 2 is 1.25 bits per heavy atom. The van der Waals surface area contributed by atoms with Gasteiger partial charge in [0, 0.05) is 27.5 Å². The van der Waals surface area contributed by atoms with Crippen molar-refractivity contribution < 1.29 is 13.5 Å². The summed E-state index contributed by atoms with van der Waals surface area (Å²) in [6.07, 6.45) is 0.117. The molecule has 188 valence electrons. The minimum atomic E-state index is 0.117. The molecule has 40 heavy (non-hydrogen) atoms. The van der Waals surface area contributed by atoms with Gasteiger partial charge in [0.1, 0.15) is 16.7 Å². The van der Waals surface area contributed by atoms with Crippen LogP contribution in [-0.2, 0) is 0 Å². The summed E-state index contributed by atoms with van der Waals surface area (Å²) in [5, 5.41) is 2.05. The van der Waals surface area contributed by atoms with E-state index in [4.69, 9.17) is 18.8 Å². The number of hydrogen-bond acceptors (Lipinski definition) is 4. The van der Waals surface area contributed by atoms with Gasteiger partial charge in [-0.1, -0.05) is 60.7 Å². The number of rotatable bonds is 4. The number of aromatic nitrogens is 4. The number of benzene rings is 5. The van der Waals surface area contributed by atoms with E-state index in [0.29, 0.717) is 5.89 Å². The molecule has 8 aromatic rings. The van der Waals surface area contributed by atoms with E-state index >= 15 is 0 Å². The normalized spacial score (nSPS) is 14.2. The van der Waals surface area contributed by atoms with Gasteiger partial charge in [0.15, 0.2) is 5.58 Å². The fourth-order valence-corrected chi connectivity index (χ4v) is 5.74. The number of furan rings is 1. The van der Waals surface area contributed by atoms with E-state index in [0.717, 1.165) is 61.4 Å². The molecule has 0 aliphatic carbocycles. The van der Waals surface area contributed by atoms with Crippen LogP contribution in [0.3, 0.4) is 0 Å². The third kappa shape index (κ3) is 3.13. The summed E-state index contributed by atoms with van der Waals surface area (Å²) in [6, 6.07) is 41.2. The van der Waals surface area contributed by atoms with Crippen LogP contribution in [0.4, 0.5) is 0 Å². The van der Waals surface area contributed by atoms with Crippen LogP contribution in [0.2, 0.25) is 0 Å². The molecule has 1 aliphatic heterocycles. The maximum Gasteiger partial charge on any atom is 0.354 e. The zero-order valence-corrected chi connectivity index (χ0v) is 21.2. The van der Waals surface area contributed by atoms with E-state index < -0.39 is 0 Å². The Hall–Kier alpha value is -5.49. The van der Waals surface area contributed by atoms with Gasteiger partial charge >= 0.3 is 5.82 Å². The Morgan fingerprint density at radius 1 is 0.575 bits per heavy atom. The van der Waals surface area contributed by atoms with Crippen LogP contribution in [0.1, 0.15) is 11.7 Å². The molecule has 0 saturated carbocycles. The van der Waals surface area contributed by atoms with E-state index in [1.54, 1.807) is 0 Å². The molecule has 1 unspecified atom stereocenters. The fourth-order valence-electron chi connectivity index (χ4n) is 5.74. The maximum absolute atomic E-state index is 6.22. The van der Waals surface area contributed by atoms with Crippen LogP contribution in [0.25, 0.3) is 67.3 Å². The quantitative estimate of drug-likeness (QED) is 0.225. The molecule has 0 N–H and O–H groups in total. The molecule has 1 atom stereocenters. The predicted octanol–water partition coefficient (Wildman–Crippen LogP) is 7.62. The third-order valence-corrected chi connectivity index (χ3v) is 7.68. The molecular weight excluding hydrogens is 496 g/mol. The van der Waals surface area contributed by atoms with E-state index in [9.17, 15) is 0 Å². The predicted molar refractivity (Wildman–Crippen MR) is 154 cm³/mol. The first kappa shape index (κ1) is 21.4. The van der Waals surface area contributed by atoms with Crippen molar-refractivity contribution >= 4 is 33.0 Å². The van der Waals surface area contributed by atoms with Crippen LogP contribution in [-0.4, -0.2) is 14.6 Å². The molecule has 1 aliphatic rings. The molecule has 3 aromatic heterocycles. The van der Waals surface area contributed by atoms with Crippen molar-refractivity contribution in [3.63, 3.8) is 0 Å². The smallest absolute Gasteiger partial charge is 0.354 e. The van der Waals surface area contributed by atoms with Crippen LogP contribution in [0, 0.1) is 0 Å². The van der Waals surface area contributed by atoms with E-state index in [-0.39, 0.29) is 6.17 Å². The van der Waals surface area contributed by atoms with Gasteiger partial charge in [-0.3, -0.25) is 0 Å². The molecule has 5 aromatic carbocycles. The molecule has 0 fully saturated rings. The molecule has 0 spiro atoms. The van der Waals surface area contributed by atoms with Gasteiger partial charge in [-0.25, -0.2) is 4.98 Å². The Labute approximate surface area is 228 Å². The molecule has 6 nitrogen and oxygen atoms in total. The summed E-state index contributed by atoms with van der Waals surface area (Å²) in [5.41, 5.74) is 7.57. The highest BCUT2D eigenvalue weighted by Gasteiger charge is 2.50. The molecule has 9 rings (SSSR count). The topological polar surface area (TPSA) is 60.9 Å². The summed E-state index contributed by atoms with van der Waals surface area (Å²) in [4.78, 5) is 9.82. The standard InChI is InChI=1S/C34H21N4O2/c1-3-9-21(10-4-1)31-36-32(38-34(37(31)38)22-11-5-2-6-12-22)23-15-17-28-25(19-23)26-20-24(16-18-29(26)39-28)33-35-27-13-7-8-14-30(27)40-33/h1-20,34H/q+1. The largest absolute Gasteiger partial charge is 0.456 e. The molecule has 0 saturated heterocycles. The zero-order valence-electron chi connectivity index (χ0n) is 21.2. The van der Waals surface area contributed by atoms with Crippen LogP contribution in [0.15, 0.2) is 130 Å². The average Bonchev–Trinajstić information content (AvgIpc) is 3.29. The highest BCUT2D eigenvalue weighted by molar-refractivity contribution is 6.07. The molecule has 6 heteroatoms. The first-order valence-corrected chi connectivity index (χ1v) is 13.3. The lowest BCUT2D eigenvalue weighted by Gasteiger charge is -1.98. The zero-order chi connectivity index (χ0) is 26.2. The van der Waals surface area contributed by atoms with Crippen molar-refractivity contribution in [3.8, 4) is 34.2 Å². The van der Waals surface area contributed by atoms with Gasteiger partial charge in [0.2, 0.25) is 5.89 Å². The Balaban J connectivity index is 1.20. The first-order chi connectivity index (χ1) is 19.8. The summed E-state index contributed by atoms with van der Waals surface area (Å²) in [5.74, 6) is 2.49. The molecule has 0 amide bonds. The summed E-state index contributed by atoms with van der Waals surface area (Å²) >= 11 is 0. The number of hydrogen-bond donors (Lipinski definition) is 0. The van der Waals surface area contributed by atoms with Crippen molar-refractivity contribution in [1.82, 2.24) is 14.6 Å². The molecule has 0 bridgehead atoms. The monoisotopic (exact) mass is 517 g/mol. The van der Waals surface area contributed by atoms with Gasteiger partial charge in [0.05, 0.1) is 5.56 Å². The Morgan fingerprint density at radius 3 is 2.02 bits per heavy atom. The number of para-hydroxylation sites is 2. The minimum absolute atomic E-state index is 0.117. The van der Waals surface area contributed by atoms with Crippen molar-refractivity contribution in [2.24, 2.45) is 0 Å². The summed E-state index contributed by atoms with van der Waals surface area (Å²) in [6.45, 7) is 0. The van der Waals surface area contributed by atoms with E-state index in [1.807, 2.05) is 48.5 Å². The highest BCUT2D eigenvalue weighted by atomic mass is 16.3. The van der Waals surface area contributed by atoms with Gasteiger partial charge < -0.3 is 8.83 Å². The number of nitrogens with zero attached hydrogens (tertiary/aromatic N) is 4. The van der Waals surface area contributed by atoms with E-state index in [1.165, 1.54) is 5.56 Å². The second kappa shape index (κ2) is 8.01. The van der Waals surface area contributed by atoms with Crippen LogP contribution in [0.5, 0.6) is 0 Å². The second-order valence-electron chi connectivity index (χ2n) is 10.1. The Kier molecular flexibility index (Phi) is 4.29. The van der Waals surface area contributed by atoms with Gasteiger partial charge in [-0.05, 0) is 65.6 Å². The molecule has 4 heterocycles. The lowest BCUT2D eigenvalue weighted by Crippen LogP contribution is -2.18. The highest BCUT2D eigenvalue weighted by Crippen LogP contribution is 2.38. The first-order valence-electron chi connectivity index (χ1n) is 13.3. The van der Waals surface area contributed by atoms with Crippen molar-refractivity contribution in [1.29, 1.82) is 0 Å². The SMILES string of the molecule is c1ccc(-c2nc(-c3ccc4oc5ccc(-c6nc7ccccc7o6)cc5c4c3)[n+]3n2C3c2ccccc2)cc1. The second-order valence-corrected chi connectivity index (χ2v) is 10.1. The van der Waals surface area contributed by atoms with Gasteiger partial charge in [0.25, 0.3) is 12.0 Å². The maximum atomic E-state index is 6.22. The molecular formula is C34H21N4O2+. The summed E-state index contributed by atoms with van der Waals surface area (Å²) < 4.78 is 16.8. The van der Waals surface area contributed by atoms with Crippen molar-refractivity contribution in [3.05, 3.63) is 127 Å². The van der Waals surface area contributed by atoms with Crippen molar-refractivity contribution in [2.45, 2.75) is 6.17 Å². The fraction of sp³-hybridized carbons (Fsp3) is 0.0294. The lowest BCUT2D eigenvalue weighted by molar-refractivity contribution is -0.602. The summed E-state index contributed by atoms with van der Waals surface area (Å²) in [7, 11) is 0. The minimum Gasteiger partial charge on any atom is -0.456 e. The Bertz CT molecular complexity index is 2190. The van der Waals surface area contributed by atoms with E-state index in [2.05, 4.69) is 82.2 Å². The van der Waals surface area contributed by atoms with Gasteiger partial charge in [-0.2, -0.15) is 0 Å². The van der Waals surface area contributed by atoms with Crippen LogP contribution < -0.4 is 4.68 Å². The van der Waals surface area contributed by atoms with Crippen molar-refractivity contribution in [2.75, 3.05) is 0 Å². The molecule has 0 radical (unpaired) electrons. The lowest BCUT2D eigenvalue weighted by atomic mass is 10.1. The van der Waals surface area contributed by atoms with Gasteiger partial charge in [-0.15, -0.1) is 9.36 Å². The van der Waals surface area contributed by atoms with Crippen LogP contribution >= 0.6 is 0 Å². The number of fused-ring (bicyclic) bond motifs is 5. The third-order valence-electron chi connectivity index (χ3n) is 7.68. The average molecular weight is 518 g/mol. The number of oxazole rings is 1.